The number of alkyl halides is 3. The van der Waals surface area contributed by atoms with E-state index < -0.39 is 11.7 Å². The predicted octanol–water partition coefficient (Wildman–Crippen LogP) is 3.67. The Morgan fingerprint density at radius 1 is 1.29 bits per heavy atom. The molecule has 2 unspecified atom stereocenters. The van der Waals surface area contributed by atoms with Crippen LogP contribution >= 0.6 is 0 Å². The third-order valence-electron chi connectivity index (χ3n) is 4.45. The number of benzene rings is 1. The molecule has 0 saturated carbocycles. The zero-order valence-electron chi connectivity index (χ0n) is 12.8. The second kappa shape index (κ2) is 5.97. The fourth-order valence-electron chi connectivity index (χ4n) is 2.67. The van der Waals surface area contributed by atoms with Crippen molar-refractivity contribution < 1.29 is 13.2 Å². The van der Waals surface area contributed by atoms with Gasteiger partial charge in [-0.25, -0.2) is 0 Å². The molecule has 0 amide bonds. The van der Waals surface area contributed by atoms with Gasteiger partial charge in [-0.05, 0) is 38.0 Å². The highest BCUT2D eigenvalue weighted by molar-refractivity contribution is 5.24. The fourth-order valence-corrected chi connectivity index (χ4v) is 2.67. The molecule has 1 fully saturated rings. The summed E-state index contributed by atoms with van der Waals surface area (Å²) >= 11 is 0. The molecule has 1 aliphatic heterocycles. The monoisotopic (exact) mass is 300 g/mol. The van der Waals surface area contributed by atoms with E-state index in [-0.39, 0.29) is 5.54 Å². The molecule has 1 N–H and O–H groups in total. The summed E-state index contributed by atoms with van der Waals surface area (Å²) in [5.41, 5.74) is 0.423. The molecule has 5 heteroatoms. The van der Waals surface area contributed by atoms with Gasteiger partial charge in [0.2, 0.25) is 0 Å². The van der Waals surface area contributed by atoms with Gasteiger partial charge in [-0.1, -0.05) is 19.1 Å². The highest BCUT2D eigenvalue weighted by Gasteiger charge is 2.33. The number of hydrogen-bond acceptors (Lipinski definition) is 2. The van der Waals surface area contributed by atoms with E-state index >= 15 is 0 Å². The van der Waals surface area contributed by atoms with Crippen molar-refractivity contribution in [3.05, 3.63) is 35.4 Å². The Balaban J connectivity index is 2.06. The third kappa shape index (κ3) is 3.98. The van der Waals surface area contributed by atoms with E-state index in [9.17, 15) is 13.2 Å². The van der Waals surface area contributed by atoms with Gasteiger partial charge in [0.25, 0.3) is 0 Å². The normalized spacial score (nSPS) is 27.8. The third-order valence-corrected chi connectivity index (χ3v) is 4.45. The quantitative estimate of drug-likeness (QED) is 0.916. The molecule has 0 bridgehead atoms. The van der Waals surface area contributed by atoms with Crippen LogP contribution in [-0.2, 0) is 12.7 Å². The SMILES string of the molecule is CCC1(C)CN(Cc2ccc(C(F)(F)F)cc2)C(C)CN1. The average Bonchev–Trinajstić information content (AvgIpc) is 2.43. The maximum atomic E-state index is 12.6. The lowest BCUT2D eigenvalue weighted by atomic mass is 9.93. The van der Waals surface area contributed by atoms with Crippen molar-refractivity contribution in [2.45, 2.75) is 51.5 Å². The molecular weight excluding hydrogens is 277 g/mol. The van der Waals surface area contributed by atoms with E-state index in [2.05, 4.69) is 31.0 Å². The predicted molar refractivity (Wildman–Crippen MR) is 78.0 cm³/mol. The van der Waals surface area contributed by atoms with Gasteiger partial charge >= 0.3 is 6.18 Å². The molecule has 2 nitrogen and oxygen atoms in total. The minimum absolute atomic E-state index is 0.0818. The zero-order chi connectivity index (χ0) is 15.7. The Morgan fingerprint density at radius 2 is 1.90 bits per heavy atom. The van der Waals surface area contributed by atoms with Crippen molar-refractivity contribution in [3.8, 4) is 0 Å². The molecule has 1 aliphatic rings. The lowest BCUT2D eigenvalue weighted by Crippen LogP contribution is -2.61. The fraction of sp³-hybridized carbons (Fsp3) is 0.625. The number of nitrogens with zero attached hydrogens (tertiary/aromatic N) is 1. The summed E-state index contributed by atoms with van der Waals surface area (Å²) in [6, 6.07) is 5.89. The number of hydrogen-bond donors (Lipinski definition) is 1. The van der Waals surface area contributed by atoms with Crippen LogP contribution in [0.5, 0.6) is 0 Å². The van der Waals surface area contributed by atoms with Crippen molar-refractivity contribution in [3.63, 3.8) is 0 Å². The molecular formula is C16H23F3N2. The minimum Gasteiger partial charge on any atom is -0.309 e. The van der Waals surface area contributed by atoms with Gasteiger partial charge < -0.3 is 5.32 Å². The second-order valence-corrected chi connectivity index (χ2v) is 6.24. The van der Waals surface area contributed by atoms with Crippen LogP contribution in [0.25, 0.3) is 0 Å². The summed E-state index contributed by atoms with van der Waals surface area (Å²) in [6.45, 7) is 9.00. The van der Waals surface area contributed by atoms with Crippen LogP contribution in [0.4, 0.5) is 13.2 Å². The molecule has 0 spiro atoms. The van der Waals surface area contributed by atoms with Crippen LogP contribution in [0.1, 0.15) is 38.3 Å². The highest BCUT2D eigenvalue weighted by atomic mass is 19.4. The largest absolute Gasteiger partial charge is 0.416 e. The first-order valence-electron chi connectivity index (χ1n) is 7.39. The standard InChI is InChI=1S/C16H23F3N2/c1-4-15(3)11-21(12(2)9-20-15)10-13-5-7-14(8-6-13)16(17,18)19/h5-8,12,20H,4,9-11H2,1-3H3. The Morgan fingerprint density at radius 3 is 2.43 bits per heavy atom. The topological polar surface area (TPSA) is 15.3 Å². The van der Waals surface area contributed by atoms with Crippen LogP contribution < -0.4 is 5.32 Å². The Kier molecular flexibility index (Phi) is 4.63. The molecule has 1 saturated heterocycles. The van der Waals surface area contributed by atoms with Crippen molar-refractivity contribution in [2.75, 3.05) is 13.1 Å². The first-order chi connectivity index (χ1) is 9.73. The second-order valence-electron chi connectivity index (χ2n) is 6.24. The van der Waals surface area contributed by atoms with Gasteiger partial charge in [-0.2, -0.15) is 13.2 Å². The molecule has 0 radical (unpaired) electrons. The minimum atomic E-state index is -4.26. The molecule has 21 heavy (non-hydrogen) atoms. The highest BCUT2D eigenvalue weighted by Crippen LogP contribution is 2.29. The molecule has 2 atom stereocenters. The number of halogens is 3. The molecule has 2 rings (SSSR count). The van der Waals surface area contributed by atoms with Crippen molar-refractivity contribution in [1.82, 2.24) is 10.2 Å². The van der Waals surface area contributed by atoms with Crippen LogP contribution in [0, 0.1) is 0 Å². The van der Waals surface area contributed by atoms with Gasteiger partial charge in [0.15, 0.2) is 0 Å². The van der Waals surface area contributed by atoms with Gasteiger partial charge in [-0.15, -0.1) is 0 Å². The van der Waals surface area contributed by atoms with Crippen molar-refractivity contribution >= 4 is 0 Å². The lowest BCUT2D eigenvalue weighted by molar-refractivity contribution is -0.137. The van der Waals surface area contributed by atoms with Gasteiger partial charge in [0.05, 0.1) is 5.56 Å². The van der Waals surface area contributed by atoms with Gasteiger partial charge in [0.1, 0.15) is 0 Å². The van der Waals surface area contributed by atoms with E-state index in [0.717, 1.165) is 25.1 Å². The Labute approximate surface area is 124 Å². The van der Waals surface area contributed by atoms with Crippen LogP contribution in [0.15, 0.2) is 24.3 Å². The molecule has 1 aromatic rings. The molecule has 0 aromatic heterocycles. The Hall–Kier alpha value is -1.07. The number of piperazine rings is 1. The number of rotatable bonds is 3. The lowest BCUT2D eigenvalue weighted by Gasteiger charge is -2.45. The summed E-state index contributed by atoms with van der Waals surface area (Å²) in [5, 5.41) is 3.55. The van der Waals surface area contributed by atoms with E-state index in [1.165, 1.54) is 12.1 Å². The first-order valence-corrected chi connectivity index (χ1v) is 7.39. The zero-order valence-corrected chi connectivity index (χ0v) is 12.8. The van der Waals surface area contributed by atoms with Crippen molar-refractivity contribution in [1.29, 1.82) is 0 Å². The van der Waals surface area contributed by atoms with E-state index in [1.54, 1.807) is 12.1 Å². The van der Waals surface area contributed by atoms with Gasteiger partial charge in [0, 0.05) is 31.2 Å². The molecule has 1 heterocycles. The maximum absolute atomic E-state index is 12.6. The molecule has 1 aromatic carbocycles. The first kappa shape index (κ1) is 16.3. The van der Waals surface area contributed by atoms with E-state index in [0.29, 0.717) is 12.6 Å². The molecule has 118 valence electrons. The van der Waals surface area contributed by atoms with Crippen molar-refractivity contribution in [2.24, 2.45) is 0 Å². The van der Waals surface area contributed by atoms with Crippen LogP contribution in [-0.4, -0.2) is 29.6 Å². The average molecular weight is 300 g/mol. The summed E-state index contributed by atoms with van der Waals surface area (Å²) in [5.74, 6) is 0. The van der Waals surface area contributed by atoms with E-state index in [4.69, 9.17) is 0 Å². The Bertz CT molecular complexity index is 469. The van der Waals surface area contributed by atoms with Crippen LogP contribution in [0.3, 0.4) is 0 Å². The van der Waals surface area contributed by atoms with Crippen LogP contribution in [0.2, 0.25) is 0 Å². The molecule has 0 aliphatic carbocycles. The van der Waals surface area contributed by atoms with Gasteiger partial charge in [-0.3, -0.25) is 4.90 Å². The summed E-state index contributed by atoms with van der Waals surface area (Å²) in [4.78, 5) is 2.34. The van der Waals surface area contributed by atoms with E-state index in [1.807, 2.05) is 0 Å². The number of nitrogens with one attached hydrogen (secondary N) is 1. The summed E-state index contributed by atoms with van der Waals surface area (Å²) in [6.07, 6.45) is -3.23. The maximum Gasteiger partial charge on any atom is 0.416 e. The summed E-state index contributed by atoms with van der Waals surface area (Å²) < 4.78 is 37.7. The summed E-state index contributed by atoms with van der Waals surface area (Å²) in [7, 11) is 0. The smallest absolute Gasteiger partial charge is 0.309 e.